The smallest absolute Gasteiger partial charge is 0.165 e. The summed E-state index contributed by atoms with van der Waals surface area (Å²) < 4.78 is 13.1. The molecule has 0 saturated heterocycles. The molecule has 88 valence electrons. The zero-order chi connectivity index (χ0) is 12.3. The van der Waals surface area contributed by atoms with Crippen LogP contribution in [0.15, 0.2) is 42.5 Å². The highest BCUT2D eigenvalue weighted by Crippen LogP contribution is 2.17. The summed E-state index contributed by atoms with van der Waals surface area (Å²) in [6, 6.07) is 12.9. The Bertz CT molecular complexity index is 503. The highest BCUT2D eigenvalue weighted by Gasteiger charge is 2.02. The van der Waals surface area contributed by atoms with E-state index in [1.807, 2.05) is 0 Å². The number of benzene rings is 2. The molecule has 0 unspecified atom stereocenters. The SMILES string of the molecule is Cc1ccc(CCc2ccc(O)c(F)c2)cc1. The molecule has 0 heterocycles. The normalized spacial score (nSPS) is 10.5. The van der Waals surface area contributed by atoms with Crippen molar-refractivity contribution in [1.29, 1.82) is 0 Å². The number of hydrogen-bond donors (Lipinski definition) is 1. The van der Waals surface area contributed by atoms with Crippen LogP contribution in [0.1, 0.15) is 16.7 Å². The van der Waals surface area contributed by atoms with Crippen molar-refractivity contribution in [2.75, 3.05) is 0 Å². The van der Waals surface area contributed by atoms with E-state index in [0.29, 0.717) is 0 Å². The van der Waals surface area contributed by atoms with Crippen molar-refractivity contribution in [2.24, 2.45) is 0 Å². The summed E-state index contributed by atoms with van der Waals surface area (Å²) in [6.07, 6.45) is 1.66. The maximum atomic E-state index is 13.1. The standard InChI is InChI=1S/C15H15FO/c1-11-2-4-12(5-3-11)6-7-13-8-9-15(17)14(16)10-13/h2-5,8-10,17H,6-7H2,1H3. The maximum Gasteiger partial charge on any atom is 0.165 e. The van der Waals surface area contributed by atoms with Crippen molar-refractivity contribution in [2.45, 2.75) is 19.8 Å². The highest BCUT2D eigenvalue weighted by molar-refractivity contribution is 5.29. The number of aryl methyl sites for hydroxylation is 3. The Morgan fingerprint density at radius 1 is 0.941 bits per heavy atom. The van der Waals surface area contributed by atoms with Gasteiger partial charge in [-0.05, 0) is 43.0 Å². The van der Waals surface area contributed by atoms with Crippen molar-refractivity contribution in [1.82, 2.24) is 0 Å². The Morgan fingerprint density at radius 2 is 1.53 bits per heavy atom. The second-order valence-electron chi connectivity index (χ2n) is 4.27. The van der Waals surface area contributed by atoms with Gasteiger partial charge in [-0.15, -0.1) is 0 Å². The van der Waals surface area contributed by atoms with Crippen LogP contribution in [0, 0.1) is 12.7 Å². The molecule has 0 radical (unpaired) electrons. The van der Waals surface area contributed by atoms with E-state index in [1.165, 1.54) is 23.3 Å². The van der Waals surface area contributed by atoms with E-state index in [1.54, 1.807) is 6.07 Å². The largest absolute Gasteiger partial charge is 0.505 e. The predicted molar refractivity (Wildman–Crippen MR) is 66.7 cm³/mol. The lowest BCUT2D eigenvalue weighted by Crippen LogP contribution is -1.92. The van der Waals surface area contributed by atoms with E-state index < -0.39 is 5.82 Å². The van der Waals surface area contributed by atoms with Crippen LogP contribution in [0.3, 0.4) is 0 Å². The second-order valence-corrected chi connectivity index (χ2v) is 4.27. The van der Waals surface area contributed by atoms with E-state index in [-0.39, 0.29) is 5.75 Å². The third-order valence-electron chi connectivity index (χ3n) is 2.84. The minimum Gasteiger partial charge on any atom is -0.505 e. The zero-order valence-electron chi connectivity index (χ0n) is 9.78. The lowest BCUT2D eigenvalue weighted by atomic mass is 10.0. The predicted octanol–water partition coefficient (Wildman–Crippen LogP) is 3.62. The number of rotatable bonds is 3. The van der Waals surface area contributed by atoms with Gasteiger partial charge in [-0.2, -0.15) is 0 Å². The Morgan fingerprint density at radius 3 is 2.18 bits per heavy atom. The van der Waals surface area contributed by atoms with E-state index >= 15 is 0 Å². The van der Waals surface area contributed by atoms with Gasteiger partial charge in [0.15, 0.2) is 11.6 Å². The summed E-state index contributed by atoms with van der Waals surface area (Å²) >= 11 is 0. The average molecular weight is 230 g/mol. The molecule has 2 aromatic rings. The summed E-state index contributed by atoms with van der Waals surface area (Å²) in [6.45, 7) is 2.05. The molecule has 0 spiro atoms. The molecule has 0 aliphatic heterocycles. The number of hydrogen-bond acceptors (Lipinski definition) is 1. The van der Waals surface area contributed by atoms with Crippen LogP contribution in [-0.4, -0.2) is 5.11 Å². The van der Waals surface area contributed by atoms with Gasteiger partial charge >= 0.3 is 0 Å². The number of phenols is 1. The van der Waals surface area contributed by atoms with Crippen molar-refractivity contribution < 1.29 is 9.50 Å². The van der Waals surface area contributed by atoms with Gasteiger partial charge in [0.25, 0.3) is 0 Å². The van der Waals surface area contributed by atoms with Crippen molar-refractivity contribution in [3.8, 4) is 5.75 Å². The summed E-state index contributed by atoms with van der Waals surface area (Å²) in [7, 11) is 0. The monoisotopic (exact) mass is 230 g/mol. The Labute approximate surface area is 101 Å². The quantitative estimate of drug-likeness (QED) is 0.853. The van der Waals surface area contributed by atoms with Crippen LogP contribution in [0.5, 0.6) is 5.75 Å². The molecule has 0 atom stereocenters. The molecule has 1 nitrogen and oxygen atoms in total. The third-order valence-corrected chi connectivity index (χ3v) is 2.84. The summed E-state index contributed by atoms with van der Waals surface area (Å²) in [5.74, 6) is -0.838. The summed E-state index contributed by atoms with van der Waals surface area (Å²) in [5, 5.41) is 9.08. The number of phenolic OH excluding ortho intramolecular Hbond substituents is 1. The molecule has 0 amide bonds. The lowest BCUT2D eigenvalue weighted by Gasteiger charge is -2.04. The van der Waals surface area contributed by atoms with E-state index in [2.05, 4.69) is 31.2 Å². The number of halogens is 1. The van der Waals surface area contributed by atoms with Gasteiger partial charge in [-0.25, -0.2) is 4.39 Å². The molecule has 0 saturated carbocycles. The lowest BCUT2D eigenvalue weighted by molar-refractivity contribution is 0.432. The molecule has 0 aliphatic carbocycles. The Hall–Kier alpha value is -1.83. The van der Waals surface area contributed by atoms with Gasteiger partial charge < -0.3 is 5.11 Å². The van der Waals surface area contributed by atoms with Gasteiger partial charge in [0, 0.05) is 0 Å². The molecule has 17 heavy (non-hydrogen) atoms. The molecule has 0 aromatic heterocycles. The molecule has 2 heteroatoms. The molecule has 0 aliphatic rings. The Balaban J connectivity index is 2.02. The first-order valence-electron chi connectivity index (χ1n) is 5.68. The minimum absolute atomic E-state index is 0.288. The van der Waals surface area contributed by atoms with E-state index in [0.717, 1.165) is 18.4 Å². The van der Waals surface area contributed by atoms with Crippen LogP contribution < -0.4 is 0 Å². The van der Waals surface area contributed by atoms with Gasteiger partial charge in [-0.1, -0.05) is 35.9 Å². The van der Waals surface area contributed by atoms with E-state index in [9.17, 15) is 4.39 Å². The van der Waals surface area contributed by atoms with Gasteiger partial charge in [0.2, 0.25) is 0 Å². The molecular formula is C15H15FO. The fourth-order valence-electron chi connectivity index (χ4n) is 1.75. The third kappa shape index (κ3) is 3.06. The molecule has 1 N–H and O–H groups in total. The summed E-state index contributed by atoms with van der Waals surface area (Å²) in [4.78, 5) is 0. The second kappa shape index (κ2) is 5.00. The van der Waals surface area contributed by atoms with Crippen LogP contribution in [0.25, 0.3) is 0 Å². The summed E-state index contributed by atoms with van der Waals surface area (Å²) in [5.41, 5.74) is 3.38. The fourth-order valence-corrected chi connectivity index (χ4v) is 1.75. The van der Waals surface area contributed by atoms with Crippen molar-refractivity contribution >= 4 is 0 Å². The number of aromatic hydroxyl groups is 1. The fraction of sp³-hybridized carbons (Fsp3) is 0.200. The van der Waals surface area contributed by atoms with Gasteiger partial charge in [0.05, 0.1) is 0 Å². The van der Waals surface area contributed by atoms with E-state index in [4.69, 9.17) is 5.11 Å². The molecule has 0 bridgehead atoms. The topological polar surface area (TPSA) is 20.2 Å². The first-order valence-corrected chi connectivity index (χ1v) is 5.68. The van der Waals surface area contributed by atoms with Crippen molar-refractivity contribution in [3.05, 3.63) is 65.0 Å². The minimum atomic E-state index is -0.550. The Kier molecular flexibility index (Phi) is 3.43. The van der Waals surface area contributed by atoms with Crippen LogP contribution in [-0.2, 0) is 12.8 Å². The van der Waals surface area contributed by atoms with Crippen LogP contribution in [0.2, 0.25) is 0 Å². The first kappa shape index (κ1) is 11.6. The molecule has 2 aromatic carbocycles. The van der Waals surface area contributed by atoms with Crippen LogP contribution in [0.4, 0.5) is 4.39 Å². The first-order chi connectivity index (χ1) is 8.15. The highest BCUT2D eigenvalue weighted by atomic mass is 19.1. The molecule has 2 rings (SSSR count). The van der Waals surface area contributed by atoms with Gasteiger partial charge in [-0.3, -0.25) is 0 Å². The average Bonchev–Trinajstić information content (AvgIpc) is 2.33. The maximum absolute atomic E-state index is 13.1. The van der Waals surface area contributed by atoms with Crippen LogP contribution >= 0.6 is 0 Å². The van der Waals surface area contributed by atoms with Crippen molar-refractivity contribution in [3.63, 3.8) is 0 Å². The molecular weight excluding hydrogens is 215 g/mol. The van der Waals surface area contributed by atoms with Gasteiger partial charge in [0.1, 0.15) is 0 Å². The molecule has 0 fully saturated rings. The zero-order valence-corrected chi connectivity index (χ0v) is 9.78.